The van der Waals surface area contributed by atoms with E-state index >= 15 is 0 Å². The average molecular weight is 322 g/mol. The van der Waals surface area contributed by atoms with Gasteiger partial charge in [0.2, 0.25) is 0 Å². The number of aromatic nitrogens is 1. The van der Waals surface area contributed by atoms with Crippen molar-refractivity contribution in [1.82, 2.24) is 10.3 Å². The highest BCUT2D eigenvalue weighted by atomic mass is 19.1. The van der Waals surface area contributed by atoms with Crippen molar-refractivity contribution in [3.05, 3.63) is 90.0 Å². The van der Waals surface area contributed by atoms with Gasteiger partial charge in [0.05, 0.1) is 0 Å². The zero-order valence-electron chi connectivity index (χ0n) is 12.8. The SMILES string of the molecule is O=C(NCc1ccc(Oc2ccc(F)cc2)cc1)c1ccncc1. The van der Waals surface area contributed by atoms with Crippen LogP contribution in [0.3, 0.4) is 0 Å². The van der Waals surface area contributed by atoms with Gasteiger partial charge >= 0.3 is 0 Å². The van der Waals surface area contributed by atoms with Crippen molar-refractivity contribution >= 4 is 5.91 Å². The van der Waals surface area contributed by atoms with Crippen LogP contribution in [0.4, 0.5) is 4.39 Å². The number of carbonyl (C=O) groups is 1. The minimum absolute atomic E-state index is 0.149. The second-order valence-corrected chi connectivity index (χ2v) is 5.12. The summed E-state index contributed by atoms with van der Waals surface area (Å²) in [6, 6.07) is 16.5. The van der Waals surface area contributed by atoms with Crippen molar-refractivity contribution in [2.24, 2.45) is 0 Å². The first-order valence-electron chi connectivity index (χ1n) is 7.41. The number of hydrogen-bond acceptors (Lipinski definition) is 3. The number of carbonyl (C=O) groups excluding carboxylic acids is 1. The van der Waals surface area contributed by atoms with E-state index in [9.17, 15) is 9.18 Å². The molecule has 24 heavy (non-hydrogen) atoms. The van der Waals surface area contributed by atoms with E-state index in [1.807, 2.05) is 12.1 Å². The van der Waals surface area contributed by atoms with Crippen LogP contribution in [0, 0.1) is 5.82 Å². The smallest absolute Gasteiger partial charge is 0.251 e. The van der Waals surface area contributed by atoms with Crippen LogP contribution < -0.4 is 10.1 Å². The van der Waals surface area contributed by atoms with Gasteiger partial charge in [0.15, 0.2) is 0 Å². The summed E-state index contributed by atoms with van der Waals surface area (Å²) in [5.41, 5.74) is 1.52. The number of amides is 1. The first kappa shape index (κ1) is 15.7. The van der Waals surface area contributed by atoms with Crippen molar-refractivity contribution in [3.8, 4) is 11.5 Å². The lowest BCUT2D eigenvalue weighted by Gasteiger charge is -2.08. The number of rotatable bonds is 5. The lowest BCUT2D eigenvalue weighted by atomic mass is 10.2. The molecule has 1 aromatic heterocycles. The van der Waals surface area contributed by atoms with Crippen LogP contribution in [0.1, 0.15) is 15.9 Å². The standard InChI is InChI=1S/C19H15FN2O2/c20-16-3-7-18(8-4-16)24-17-5-1-14(2-6-17)13-22-19(23)15-9-11-21-12-10-15/h1-12H,13H2,(H,22,23). The van der Waals surface area contributed by atoms with Gasteiger partial charge < -0.3 is 10.1 Å². The number of benzene rings is 2. The maximum absolute atomic E-state index is 12.9. The monoisotopic (exact) mass is 322 g/mol. The molecular weight excluding hydrogens is 307 g/mol. The molecule has 2 aromatic carbocycles. The number of halogens is 1. The van der Waals surface area contributed by atoms with E-state index in [0.717, 1.165) is 5.56 Å². The Bertz CT molecular complexity index is 803. The molecule has 5 heteroatoms. The number of nitrogens with one attached hydrogen (secondary N) is 1. The Morgan fingerprint density at radius 3 is 2.12 bits per heavy atom. The third kappa shape index (κ3) is 4.16. The summed E-state index contributed by atoms with van der Waals surface area (Å²) in [6.45, 7) is 0.415. The Kier molecular flexibility index (Phi) is 4.81. The molecule has 0 bridgehead atoms. The summed E-state index contributed by atoms with van der Waals surface area (Å²) < 4.78 is 18.5. The van der Waals surface area contributed by atoms with Crippen molar-refractivity contribution < 1.29 is 13.9 Å². The Morgan fingerprint density at radius 1 is 0.917 bits per heavy atom. The molecule has 0 spiro atoms. The molecule has 4 nitrogen and oxygen atoms in total. The number of pyridine rings is 1. The van der Waals surface area contributed by atoms with E-state index in [1.54, 1.807) is 48.8 Å². The third-order valence-corrected chi connectivity index (χ3v) is 3.37. The van der Waals surface area contributed by atoms with Crippen LogP contribution >= 0.6 is 0 Å². The predicted octanol–water partition coefficient (Wildman–Crippen LogP) is 3.94. The van der Waals surface area contributed by atoms with Crippen LogP contribution in [-0.4, -0.2) is 10.9 Å². The highest BCUT2D eigenvalue weighted by Gasteiger charge is 2.04. The van der Waals surface area contributed by atoms with Gasteiger partial charge in [-0.3, -0.25) is 9.78 Å². The van der Waals surface area contributed by atoms with Crippen molar-refractivity contribution in [2.75, 3.05) is 0 Å². The summed E-state index contributed by atoms with van der Waals surface area (Å²) in [7, 11) is 0. The number of nitrogens with zero attached hydrogens (tertiary/aromatic N) is 1. The van der Waals surface area contributed by atoms with Crippen LogP contribution in [-0.2, 0) is 6.54 Å². The average Bonchev–Trinajstić information content (AvgIpc) is 2.63. The lowest BCUT2D eigenvalue weighted by Crippen LogP contribution is -2.22. The van der Waals surface area contributed by atoms with Crippen molar-refractivity contribution in [2.45, 2.75) is 6.54 Å². The molecule has 0 saturated heterocycles. The molecule has 1 amide bonds. The topological polar surface area (TPSA) is 51.2 Å². The molecule has 3 aromatic rings. The number of ether oxygens (including phenoxy) is 1. The Balaban J connectivity index is 1.56. The Labute approximate surface area is 138 Å². The predicted molar refractivity (Wildman–Crippen MR) is 88.3 cm³/mol. The van der Waals surface area contributed by atoms with E-state index in [1.165, 1.54) is 12.1 Å². The molecule has 0 aliphatic rings. The van der Waals surface area contributed by atoms with Gasteiger partial charge in [-0.15, -0.1) is 0 Å². The fourth-order valence-corrected chi connectivity index (χ4v) is 2.10. The molecule has 1 N–H and O–H groups in total. The normalized spacial score (nSPS) is 10.2. The van der Waals surface area contributed by atoms with Gasteiger partial charge in [0, 0.05) is 24.5 Å². The molecule has 0 fully saturated rings. The van der Waals surface area contributed by atoms with Crippen molar-refractivity contribution in [3.63, 3.8) is 0 Å². The summed E-state index contributed by atoms with van der Waals surface area (Å²) in [5.74, 6) is 0.757. The largest absolute Gasteiger partial charge is 0.457 e. The van der Waals surface area contributed by atoms with Gasteiger partial charge in [-0.05, 0) is 54.1 Å². The van der Waals surface area contributed by atoms with Gasteiger partial charge in [0.25, 0.3) is 5.91 Å². The quantitative estimate of drug-likeness (QED) is 0.774. The molecule has 0 atom stereocenters. The Morgan fingerprint density at radius 2 is 1.50 bits per heavy atom. The fourth-order valence-electron chi connectivity index (χ4n) is 2.10. The highest BCUT2D eigenvalue weighted by Crippen LogP contribution is 2.21. The third-order valence-electron chi connectivity index (χ3n) is 3.37. The van der Waals surface area contributed by atoms with Crippen LogP contribution in [0.5, 0.6) is 11.5 Å². The van der Waals surface area contributed by atoms with Gasteiger partial charge in [0.1, 0.15) is 17.3 Å². The molecule has 0 aliphatic carbocycles. The summed E-state index contributed by atoms with van der Waals surface area (Å²) in [5, 5.41) is 2.84. The van der Waals surface area contributed by atoms with E-state index in [2.05, 4.69) is 10.3 Å². The molecule has 0 unspecified atom stereocenters. The van der Waals surface area contributed by atoms with Crippen LogP contribution in [0.25, 0.3) is 0 Å². The maximum Gasteiger partial charge on any atom is 0.251 e. The van der Waals surface area contributed by atoms with E-state index in [4.69, 9.17) is 4.74 Å². The minimum Gasteiger partial charge on any atom is -0.457 e. The van der Waals surface area contributed by atoms with Crippen molar-refractivity contribution in [1.29, 1.82) is 0 Å². The lowest BCUT2D eigenvalue weighted by molar-refractivity contribution is 0.0951. The van der Waals surface area contributed by atoms with E-state index in [-0.39, 0.29) is 11.7 Å². The zero-order chi connectivity index (χ0) is 16.8. The second kappa shape index (κ2) is 7.37. The summed E-state index contributed by atoms with van der Waals surface area (Å²) in [6.07, 6.45) is 3.16. The summed E-state index contributed by atoms with van der Waals surface area (Å²) >= 11 is 0. The minimum atomic E-state index is -0.303. The van der Waals surface area contributed by atoms with Crippen LogP contribution in [0.15, 0.2) is 73.1 Å². The van der Waals surface area contributed by atoms with Gasteiger partial charge in [-0.25, -0.2) is 4.39 Å². The molecule has 120 valence electrons. The first-order valence-corrected chi connectivity index (χ1v) is 7.41. The molecule has 0 saturated carbocycles. The molecular formula is C19H15FN2O2. The highest BCUT2D eigenvalue weighted by molar-refractivity contribution is 5.93. The van der Waals surface area contributed by atoms with Crippen LogP contribution in [0.2, 0.25) is 0 Å². The Hall–Kier alpha value is -3.21. The maximum atomic E-state index is 12.9. The van der Waals surface area contributed by atoms with Gasteiger partial charge in [-0.1, -0.05) is 12.1 Å². The molecule has 0 aliphatic heterocycles. The second-order valence-electron chi connectivity index (χ2n) is 5.12. The van der Waals surface area contributed by atoms with E-state index < -0.39 is 0 Å². The number of hydrogen-bond donors (Lipinski definition) is 1. The van der Waals surface area contributed by atoms with Gasteiger partial charge in [-0.2, -0.15) is 0 Å². The fraction of sp³-hybridized carbons (Fsp3) is 0.0526. The molecule has 0 radical (unpaired) electrons. The molecule has 3 rings (SSSR count). The molecule has 1 heterocycles. The zero-order valence-corrected chi connectivity index (χ0v) is 12.8. The summed E-state index contributed by atoms with van der Waals surface area (Å²) in [4.78, 5) is 15.8. The van der Waals surface area contributed by atoms with E-state index in [0.29, 0.717) is 23.6 Å². The first-order chi connectivity index (χ1) is 11.7.